The van der Waals surface area contributed by atoms with E-state index in [4.69, 9.17) is 18.9 Å². The Balaban J connectivity index is 0.000000433. The van der Waals surface area contributed by atoms with Crippen LogP contribution in [0.25, 0.3) is 0 Å². The van der Waals surface area contributed by atoms with E-state index < -0.39 is 30.8 Å². The van der Waals surface area contributed by atoms with Crippen molar-refractivity contribution in [1.29, 1.82) is 0 Å². The second-order valence-electron chi connectivity index (χ2n) is 12.8. The maximum absolute atomic E-state index is 12.9. The third-order valence-electron chi connectivity index (χ3n) is 8.32. The average molecular weight is 906 g/mol. The molecule has 5 rings (SSSR count). The number of amides is 1. The van der Waals surface area contributed by atoms with Gasteiger partial charge in [-0.15, -0.1) is 0 Å². The van der Waals surface area contributed by atoms with E-state index >= 15 is 0 Å². The van der Waals surface area contributed by atoms with E-state index in [2.05, 4.69) is 44.2 Å². The summed E-state index contributed by atoms with van der Waals surface area (Å²) in [5.74, 6) is 7.39. The Labute approximate surface area is 348 Å². The van der Waals surface area contributed by atoms with Crippen LogP contribution in [-0.4, -0.2) is 47.7 Å². The molecule has 1 N–H and O–H groups in total. The number of anilines is 1. The van der Waals surface area contributed by atoms with Crippen LogP contribution in [0, 0.1) is 28.8 Å². The molecule has 0 saturated carbocycles. The van der Waals surface area contributed by atoms with E-state index in [1.165, 1.54) is 41.8 Å². The number of aliphatic hydroxyl groups is 1. The molecule has 0 radical (unpaired) electrons. The second-order valence-corrected chi connectivity index (χ2v) is 14.4. The average Bonchev–Trinajstić information content (AvgIpc) is 3.19. The van der Waals surface area contributed by atoms with Gasteiger partial charge in [0.15, 0.2) is 5.60 Å². The fourth-order valence-corrected chi connectivity index (χ4v) is 6.02. The van der Waals surface area contributed by atoms with Crippen molar-refractivity contribution in [3.63, 3.8) is 0 Å². The summed E-state index contributed by atoms with van der Waals surface area (Å²) < 4.78 is 33.8. The Morgan fingerprint density at radius 3 is 2.09 bits per heavy atom. The molecular weight excluding hydrogens is 864 g/mol. The summed E-state index contributed by atoms with van der Waals surface area (Å²) in [7, 11) is 1.40. The van der Waals surface area contributed by atoms with Crippen molar-refractivity contribution >= 4 is 59.6 Å². The zero-order chi connectivity index (χ0) is 41.4. The molecule has 296 valence electrons. The number of nitrogens with zero attached hydrogens (tertiary/aromatic N) is 1. The molecule has 13 heteroatoms. The van der Waals surface area contributed by atoms with Gasteiger partial charge in [-0.25, -0.2) is 4.39 Å². The number of carbonyl (C=O) groups is 4. The first-order valence-electron chi connectivity index (χ1n) is 17.8. The van der Waals surface area contributed by atoms with Gasteiger partial charge in [-0.05, 0) is 86.3 Å². The number of hydrogen-bond acceptors (Lipinski definition) is 10. The van der Waals surface area contributed by atoms with E-state index in [0.29, 0.717) is 24.3 Å². The lowest BCUT2D eigenvalue weighted by Crippen LogP contribution is -2.46. The van der Waals surface area contributed by atoms with Gasteiger partial charge < -0.3 is 29.0 Å². The summed E-state index contributed by atoms with van der Waals surface area (Å²) in [6.07, 6.45) is 0.688. The van der Waals surface area contributed by atoms with Crippen LogP contribution in [0.4, 0.5) is 10.1 Å². The van der Waals surface area contributed by atoms with Gasteiger partial charge >= 0.3 is 17.9 Å². The Morgan fingerprint density at radius 1 is 0.895 bits per heavy atom. The number of rotatable bonds is 12. The molecule has 1 heterocycles. The number of esters is 3. The van der Waals surface area contributed by atoms with Gasteiger partial charge in [-0.3, -0.25) is 19.2 Å². The molecule has 0 spiro atoms. The molecule has 0 aromatic heterocycles. The van der Waals surface area contributed by atoms with Gasteiger partial charge in [0.2, 0.25) is 5.91 Å². The van der Waals surface area contributed by atoms with Crippen molar-refractivity contribution in [3.05, 3.63) is 131 Å². The standard InChI is InChI=1S/C33H28INO7S.C11H13FO2/c1-23(36)41-21-33(39,22-42-24(2)37)16-14-26-10-13-31(40-20-27-6-4-3-5-7-27)29(18-26)30-19-32(38)35(30)28-11-8-25(9-12-28)15-17-43-34;1-3-11(14-8(2)13)9-4-6-10(12)7-5-9/h3-13,18,30,39H,19-22H2,1-2H3;4-7,11H,3H2,1-2H3. The minimum Gasteiger partial charge on any atom is -0.489 e. The Morgan fingerprint density at radius 2 is 1.53 bits per heavy atom. The summed E-state index contributed by atoms with van der Waals surface area (Å²) in [6.45, 7) is 5.06. The quantitative estimate of drug-likeness (QED) is 0.0489. The first-order chi connectivity index (χ1) is 27.3. The molecule has 1 aliphatic rings. The van der Waals surface area contributed by atoms with Crippen molar-refractivity contribution in [1.82, 2.24) is 0 Å². The van der Waals surface area contributed by atoms with Crippen LogP contribution in [0.2, 0.25) is 0 Å². The van der Waals surface area contributed by atoms with Crippen molar-refractivity contribution < 1.29 is 47.6 Å². The molecule has 2 unspecified atom stereocenters. The van der Waals surface area contributed by atoms with Gasteiger partial charge in [0, 0.05) is 64.4 Å². The van der Waals surface area contributed by atoms with Crippen molar-refractivity contribution in [2.75, 3.05) is 18.1 Å². The number of hydrogen-bond donors (Lipinski definition) is 1. The Bertz CT molecular complexity index is 2120. The van der Waals surface area contributed by atoms with Crippen LogP contribution in [0.1, 0.15) is 80.5 Å². The summed E-state index contributed by atoms with van der Waals surface area (Å²) in [5.41, 5.74) is 2.74. The highest BCUT2D eigenvalue weighted by molar-refractivity contribution is 14.2. The van der Waals surface area contributed by atoms with Gasteiger partial charge in [0.1, 0.15) is 37.5 Å². The summed E-state index contributed by atoms with van der Waals surface area (Å²) in [6, 6.07) is 28.2. The van der Waals surface area contributed by atoms with E-state index in [9.17, 15) is 28.7 Å². The fraction of sp³-hybridized carbons (Fsp3) is 0.273. The molecule has 0 bridgehead atoms. The zero-order valence-corrected chi connectivity index (χ0v) is 34.7. The highest BCUT2D eigenvalue weighted by atomic mass is 127. The largest absolute Gasteiger partial charge is 0.489 e. The normalized spacial score (nSPS) is 13.5. The predicted molar refractivity (Wildman–Crippen MR) is 223 cm³/mol. The first kappa shape index (κ1) is 44.4. The lowest BCUT2D eigenvalue weighted by Gasteiger charge is -2.41. The summed E-state index contributed by atoms with van der Waals surface area (Å²) in [5, 5.41) is 13.9. The molecule has 1 aliphatic heterocycles. The number of benzene rings is 4. The second kappa shape index (κ2) is 21.8. The minimum atomic E-state index is -1.92. The van der Waals surface area contributed by atoms with E-state index in [-0.39, 0.29) is 36.3 Å². The summed E-state index contributed by atoms with van der Waals surface area (Å²) in [4.78, 5) is 48.1. The summed E-state index contributed by atoms with van der Waals surface area (Å²) >= 11 is 2.11. The van der Waals surface area contributed by atoms with E-state index in [1.54, 1.807) is 29.2 Å². The molecule has 4 aromatic carbocycles. The lowest BCUT2D eigenvalue weighted by molar-refractivity contribution is -0.154. The lowest BCUT2D eigenvalue weighted by atomic mass is 9.90. The van der Waals surface area contributed by atoms with Crippen LogP contribution in [0.5, 0.6) is 5.75 Å². The molecule has 2 atom stereocenters. The van der Waals surface area contributed by atoms with Crippen molar-refractivity contribution in [2.24, 2.45) is 0 Å². The smallest absolute Gasteiger partial charge is 0.303 e. The van der Waals surface area contributed by atoms with Gasteiger partial charge in [-0.2, -0.15) is 0 Å². The van der Waals surface area contributed by atoms with Crippen LogP contribution in [0.15, 0.2) is 97.1 Å². The number of halogens is 2. The third kappa shape index (κ3) is 14.0. The maximum atomic E-state index is 12.9. The predicted octanol–water partition coefficient (Wildman–Crippen LogP) is 8.18. The first-order valence-corrected chi connectivity index (χ1v) is 21.1. The van der Waals surface area contributed by atoms with Crippen molar-refractivity contribution in [2.45, 2.75) is 64.9 Å². The molecule has 10 nitrogen and oxygen atoms in total. The van der Waals surface area contributed by atoms with E-state index in [1.807, 2.05) is 67.6 Å². The monoisotopic (exact) mass is 905 g/mol. The fourth-order valence-electron chi connectivity index (χ4n) is 5.54. The molecule has 1 saturated heterocycles. The molecule has 1 amide bonds. The van der Waals surface area contributed by atoms with Crippen LogP contribution in [0.3, 0.4) is 0 Å². The molecular formula is C44H41FINO9S. The molecule has 57 heavy (non-hydrogen) atoms. The van der Waals surface area contributed by atoms with E-state index in [0.717, 1.165) is 27.9 Å². The van der Waals surface area contributed by atoms with Crippen molar-refractivity contribution in [3.8, 4) is 28.8 Å². The molecule has 4 aromatic rings. The van der Waals surface area contributed by atoms with Gasteiger partial charge in [0.25, 0.3) is 0 Å². The topological polar surface area (TPSA) is 129 Å². The van der Waals surface area contributed by atoms with Crippen LogP contribution >= 0.6 is 30.1 Å². The maximum Gasteiger partial charge on any atom is 0.303 e. The Kier molecular flexibility index (Phi) is 17.0. The van der Waals surface area contributed by atoms with Gasteiger partial charge in [0.05, 0.1) is 12.5 Å². The third-order valence-corrected chi connectivity index (χ3v) is 9.16. The van der Waals surface area contributed by atoms with Crippen LogP contribution < -0.4 is 9.64 Å². The highest BCUT2D eigenvalue weighted by Crippen LogP contribution is 2.43. The van der Waals surface area contributed by atoms with Crippen LogP contribution in [-0.2, 0) is 40.0 Å². The Hall–Kier alpha value is -5.35. The molecule has 0 aliphatic carbocycles. The minimum absolute atomic E-state index is 0.0331. The highest BCUT2D eigenvalue weighted by Gasteiger charge is 2.40. The zero-order valence-electron chi connectivity index (χ0n) is 31.8. The SMILES string of the molecule is CC(=O)OCC(O)(C#Cc1ccc(OCc2ccccc2)c(C2CC(=O)N2c2ccc(C#CSI)cc2)c1)COC(C)=O.CCC(OC(C)=O)c1ccc(F)cc1. The van der Waals surface area contributed by atoms with Gasteiger partial charge in [-0.1, -0.05) is 67.1 Å². The number of ether oxygens (including phenoxy) is 4. The number of carbonyl (C=O) groups excluding carboxylic acids is 4. The number of β-lactam (4-membered cyclic amide) rings is 1. The molecule has 1 fully saturated rings.